The second kappa shape index (κ2) is 3.93. The standard InChI is InChI=1S/C15H14O/c1-10(2)12-4-6-15-9-13(11(3)16)5-7-14(15)8-12/h4-9H,1H2,2-3H3. The molecule has 1 heteroatoms. The first-order valence-corrected chi connectivity index (χ1v) is 5.28. The quantitative estimate of drug-likeness (QED) is 0.683. The Kier molecular flexibility index (Phi) is 2.61. The van der Waals surface area contributed by atoms with Crippen molar-refractivity contribution in [1.82, 2.24) is 0 Å². The van der Waals surface area contributed by atoms with E-state index in [1.807, 2.05) is 37.3 Å². The molecule has 16 heavy (non-hydrogen) atoms. The van der Waals surface area contributed by atoms with Gasteiger partial charge < -0.3 is 0 Å². The van der Waals surface area contributed by atoms with Gasteiger partial charge in [0, 0.05) is 5.56 Å². The highest BCUT2D eigenvalue weighted by Crippen LogP contribution is 2.21. The fourth-order valence-corrected chi connectivity index (χ4v) is 1.73. The molecule has 1 nitrogen and oxygen atoms in total. The predicted molar refractivity (Wildman–Crippen MR) is 68.7 cm³/mol. The molecule has 0 radical (unpaired) electrons. The molecule has 0 amide bonds. The van der Waals surface area contributed by atoms with Gasteiger partial charge in [-0.05, 0) is 42.3 Å². The Morgan fingerprint density at radius 2 is 1.44 bits per heavy atom. The predicted octanol–water partition coefficient (Wildman–Crippen LogP) is 4.08. The second-order valence-corrected chi connectivity index (χ2v) is 4.11. The van der Waals surface area contributed by atoms with Gasteiger partial charge in [0.2, 0.25) is 0 Å². The molecule has 2 aromatic carbocycles. The number of allylic oxidation sites excluding steroid dienone is 1. The molecule has 0 atom stereocenters. The van der Waals surface area contributed by atoms with Crippen LogP contribution in [0.1, 0.15) is 29.8 Å². The van der Waals surface area contributed by atoms with Crippen LogP contribution in [0.2, 0.25) is 0 Å². The van der Waals surface area contributed by atoms with Crippen molar-refractivity contribution >= 4 is 22.1 Å². The lowest BCUT2D eigenvalue weighted by Gasteiger charge is -2.04. The van der Waals surface area contributed by atoms with Crippen molar-refractivity contribution in [3.63, 3.8) is 0 Å². The number of hydrogen-bond donors (Lipinski definition) is 0. The zero-order valence-electron chi connectivity index (χ0n) is 9.58. The van der Waals surface area contributed by atoms with Crippen molar-refractivity contribution in [3.05, 3.63) is 54.1 Å². The fraction of sp³-hybridized carbons (Fsp3) is 0.133. The maximum atomic E-state index is 11.3. The molecule has 0 bridgehead atoms. The van der Waals surface area contributed by atoms with E-state index in [4.69, 9.17) is 0 Å². The average Bonchev–Trinajstić information content (AvgIpc) is 2.27. The van der Waals surface area contributed by atoms with E-state index < -0.39 is 0 Å². The van der Waals surface area contributed by atoms with Gasteiger partial charge in [0.05, 0.1) is 0 Å². The van der Waals surface area contributed by atoms with E-state index in [2.05, 4.69) is 12.6 Å². The highest BCUT2D eigenvalue weighted by molar-refractivity contribution is 5.98. The van der Waals surface area contributed by atoms with Crippen molar-refractivity contribution in [2.45, 2.75) is 13.8 Å². The third kappa shape index (κ3) is 1.89. The van der Waals surface area contributed by atoms with Crippen LogP contribution in [0.4, 0.5) is 0 Å². The van der Waals surface area contributed by atoms with E-state index in [-0.39, 0.29) is 5.78 Å². The third-order valence-corrected chi connectivity index (χ3v) is 2.74. The van der Waals surface area contributed by atoms with Gasteiger partial charge in [0.25, 0.3) is 0 Å². The summed E-state index contributed by atoms with van der Waals surface area (Å²) < 4.78 is 0. The minimum atomic E-state index is 0.103. The number of benzene rings is 2. The Morgan fingerprint density at radius 1 is 0.938 bits per heavy atom. The highest BCUT2D eigenvalue weighted by atomic mass is 16.1. The zero-order valence-corrected chi connectivity index (χ0v) is 9.58. The lowest BCUT2D eigenvalue weighted by Crippen LogP contribution is -1.91. The Morgan fingerprint density at radius 3 is 1.94 bits per heavy atom. The summed E-state index contributed by atoms with van der Waals surface area (Å²) in [6.07, 6.45) is 0. The second-order valence-electron chi connectivity index (χ2n) is 4.11. The fourth-order valence-electron chi connectivity index (χ4n) is 1.73. The van der Waals surface area contributed by atoms with Gasteiger partial charge in [0.1, 0.15) is 0 Å². The maximum Gasteiger partial charge on any atom is 0.159 e. The average molecular weight is 210 g/mol. The number of rotatable bonds is 2. The SMILES string of the molecule is C=C(C)c1ccc2cc(C(C)=O)ccc2c1. The van der Waals surface area contributed by atoms with Gasteiger partial charge in [-0.15, -0.1) is 0 Å². The molecule has 0 fully saturated rings. The molecule has 0 aromatic heterocycles. The monoisotopic (exact) mass is 210 g/mol. The van der Waals surface area contributed by atoms with Crippen LogP contribution in [0, 0.1) is 0 Å². The summed E-state index contributed by atoms with van der Waals surface area (Å²) in [6, 6.07) is 12.0. The number of ketones is 1. The van der Waals surface area contributed by atoms with Crippen molar-refractivity contribution in [3.8, 4) is 0 Å². The van der Waals surface area contributed by atoms with Crippen LogP contribution in [-0.4, -0.2) is 5.78 Å². The molecule has 0 saturated heterocycles. The van der Waals surface area contributed by atoms with E-state index in [0.29, 0.717) is 0 Å². The Balaban J connectivity index is 2.61. The zero-order chi connectivity index (χ0) is 11.7. The summed E-state index contributed by atoms with van der Waals surface area (Å²) in [7, 11) is 0. The highest BCUT2D eigenvalue weighted by Gasteiger charge is 2.01. The van der Waals surface area contributed by atoms with Gasteiger partial charge in [0.15, 0.2) is 5.78 Å². The molecule has 0 aliphatic carbocycles. The minimum absolute atomic E-state index is 0.103. The smallest absolute Gasteiger partial charge is 0.159 e. The van der Waals surface area contributed by atoms with Gasteiger partial charge in [-0.2, -0.15) is 0 Å². The third-order valence-electron chi connectivity index (χ3n) is 2.74. The van der Waals surface area contributed by atoms with Crippen LogP contribution in [0.3, 0.4) is 0 Å². The Bertz CT molecular complexity index is 526. The van der Waals surface area contributed by atoms with Crippen LogP contribution in [0.25, 0.3) is 16.3 Å². The lowest BCUT2D eigenvalue weighted by molar-refractivity contribution is 0.101. The summed E-state index contributed by atoms with van der Waals surface area (Å²) in [6.45, 7) is 7.50. The van der Waals surface area contributed by atoms with Crippen molar-refractivity contribution in [2.75, 3.05) is 0 Å². The van der Waals surface area contributed by atoms with Gasteiger partial charge >= 0.3 is 0 Å². The van der Waals surface area contributed by atoms with Gasteiger partial charge in [-0.1, -0.05) is 36.4 Å². The van der Waals surface area contributed by atoms with Crippen LogP contribution < -0.4 is 0 Å². The number of hydrogen-bond acceptors (Lipinski definition) is 1. The van der Waals surface area contributed by atoms with Gasteiger partial charge in [-0.25, -0.2) is 0 Å². The van der Waals surface area contributed by atoms with Crippen LogP contribution in [0.5, 0.6) is 0 Å². The summed E-state index contributed by atoms with van der Waals surface area (Å²) in [5.41, 5.74) is 2.95. The molecule has 0 N–H and O–H groups in total. The van der Waals surface area contributed by atoms with Crippen molar-refractivity contribution in [1.29, 1.82) is 0 Å². The Hall–Kier alpha value is -1.89. The Labute approximate surface area is 95.4 Å². The summed E-state index contributed by atoms with van der Waals surface area (Å²) >= 11 is 0. The van der Waals surface area contributed by atoms with Crippen LogP contribution in [0.15, 0.2) is 43.0 Å². The first kappa shape index (κ1) is 10.6. The molecule has 80 valence electrons. The van der Waals surface area contributed by atoms with Crippen molar-refractivity contribution in [2.24, 2.45) is 0 Å². The normalized spacial score (nSPS) is 10.4. The van der Waals surface area contributed by atoms with Crippen molar-refractivity contribution < 1.29 is 4.79 Å². The first-order chi connectivity index (χ1) is 7.58. The van der Waals surface area contributed by atoms with E-state index in [0.717, 1.165) is 27.5 Å². The van der Waals surface area contributed by atoms with E-state index in [1.54, 1.807) is 6.92 Å². The number of Topliss-reactive ketones (excluding diaryl/α,β-unsaturated/α-hetero) is 1. The van der Waals surface area contributed by atoms with Gasteiger partial charge in [-0.3, -0.25) is 4.79 Å². The minimum Gasteiger partial charge on any atom is -0.295 e. The number of carbonyl (C=O) groups excluding carboxylic acids is 1. The topological polar surface area (TPSA) is 17.1 Å². The summed E-state index contributed by atoms with van der Waals surface area (Å²) in [5.74, 6) is 0.103. The maximum absolute atomic E-state index is 11.3. The molecule has 2 rings (SSSR count). The molecule has 0 spiro atoms. The molecule has 0 aliphatic heterocycles. The molecular weight excluding hydrogens is 196 g/mol. The summed E-state index contributed by atoms with van der Waals surface area (Å²) in [4.78, 5) is 11.3. The molecule has 0 aliphatic rings. The largest absolute Gasteiger partial charge is 0.295 e. The molecule has 0 heterocycles. The van der Waals surface area contributed by atoms with E-state index in [1.165, 1.54) is 0 Å². The molecule has 2 aromatic rings. The molecule has 0 unspecified atom stereocenters. The van der Waals surface area contributed by atoms with E-state index >= 15 is 0 Å². The summed E-state index contributed by atoms with van der Waals surface area (Å²) in [5, 5.41) is 2.24. The van der Waals surface area contributed by atoms with E-state index in [9.17, 15) is 4.79 Å². The molecule has 0 saturated carbocycles. The number of fused-ring (bicyclic) bond motifs is 1. The van der Waals surface area contributed by atoms with Crippen LogP contribution >= 0.6 is 0 Å². The van der Waals surface area contributed by atoms with Crippen LogP contribution in [-0.2, 0) is 0 Å². The first-order valence-electron chi connectivity index (χ1n) is 5.28. The number of carbonyl (C=O) groups is 1. The lowest BCUT2D eigenvalue weighted by atomic mass is 10.0. The molecular formula is C15H14O.